The van der Waals surface area contributed by atoms with Crippen molar-refractivity contribution in [2.45, 2.75) is 69.8 Å². The van der Waals surface area contributed by atoms with Gasteiger partial charge >= 0.3 is 12.3 Å². The number of nitrogens with zero attached hydrogens (tertiary/aromatic N) is 1. The van der Waals surface area contributed by atoms with E-state index in [-0.39, 0.29) is 12.2 Å². The van der Waals surface area contributed by atoms with Gasteiger partial charge in [0.1, 0.15) is 29.3 Å². The second kappa shape index (κ2) is 11.0. The van der Waals surface area contributed by atoms with Crippen molar-refractivity contribution in [2.75, 3.05) is 14.2 Å². The number of ether oxygens (including phenoxy) is 3. The van der Waals surface area contributed by atoms with Crippen molar-refractivity contribution in [1.29, 1.82) is 0 Å². The maximum absolute atomic E-state index is 13.2. The van der Waals surface area contributed by atoms with Crippen LogP contribution in [0, 0.1) is 0 Å². The second-order valence-electron chi connectivity index (χ2n) is 9.88. The predicted octanol–water partition coefficient (Wildman–Crippen LogP) is 4.62. The summed E-state index contributed by atoms with van der Waals surface area (Å²) in [7, 11) is 3.35. The zero-order chi connectivity index (χ0) is 26.7. The van der Waals surface area contributed by atoms with Gasteiger partial charge in [-0.3, -0.25) is 4.90 Å². The molecule has 0 radical (unpaired) electrons. The molecule has 36 heavy (non-hydrogen) atoms. The largest absolute Gasteiger partial charge is 0.496 e. The van der Waals surface area contributed by atoms with Crippen molar-refractivity contribution in [2.24, 2.45) is 0 Å². The summed E-state index contributed by atoms with van der Waals surface area (Å²) in [5.74, 6) is 0.656. The number of aliphatic hydroxyl groups excluding tert-OH is 1. The third-order valence-electron chi connectivity index (χ3n) is 5.90. The Morgan fingerprint density at radius 1 is 1.14 bits per heavy atom. The minimum atomic E-state index is -4.52. The molecule has 3 rings (SSSR count). The zero-order valence-electron chi connectivity index (χ0n) is 21.0. The molecule has 1 aliphatic rings. The lowest BCUT2D eigenvalue weighted by molar-refractivity contribution is -0.137. The number of halogens is 3. The summed E-state index contributed by atoms with van der Waals surface area (Å²) < 4.78 is 56.1. The van der Waals surface area contributed by atoms with E-state index in [9.17, 15) is 23.1 Å². The van der Waals surface area contributed by atoms with Crippen LogP contribution in [0.15, 0.2) is 48.5 Å². The lowest BCUT2D eigenvalue weighted by Gasteiger charge is -2.33. The first kappa shape index (κ1) is 27.6. The quantitative estimate of drug-likeness (QED) is 0.566. The van der Waals surface area contributed by atoms with Crippen LogP contribution in [0.3, 0.4) is 0 Å². The summed E-state index contributed by atoms with van der Waals surface area (Å²) in [6.07, 6.45) is -6.99. The van der Waals surface area contributed by atoms with Crippen LogP contribution < -0.4 is 14.8 Å². The number of alkyl halides is 3. The molecule has 7 nitrogen and oxygen atoms in total. The molecule has 2 aromatic carbocycles. The van der Waals surface area contributed by atoms with E-state index in [0.717, 1.165) is 17.7 Å². The molecule has 0 bridgehead atoms. The maximum atomic E-state index is 13.2. The van der Waals surface area contributed by atoms with Crippen LogP contribution in [0.1, 0.15) is 38.3 Å². The lowest BCUT2D eigenvalue weighted by Crippen LogP contribution is -2.52. The molecule has 2 N–H and O–H groups in total. The standard InChI is InChI=1S/C26H33F3N2O5/c1-25(2,3)36-24(33)30-19-14-21(35-18-11-8-10-17(13-18)26(27,28)29)23(32)22(19)31(4)15-16-9-6-7-12-20(16)34-5/h6-13,19,21-23,32H,14-15H2,1-5H3,(H,30,33)/t19-,21-,22+,23+/m0/s1. The van der Waals surface area contributed by atoms with Gasteiger partial charge in [-0.05, 0) is 52.1 Å². The average molecular weight is 511 g/mol. The van der Waals surface area contributed by atoms with Crippen molar-refractivity contribution < 1.29 is 37.3 Å². The molecule has 0 aliphatic heterocycles. The first-order valence-corrected chi connectivity index (χ1v) is 11.6. The smallest absolute Gasteiger partial charge is 0.416 e. The third-order valence-corrected chi connectivity index (χ3v) is 5.90. The molecular weight excluding hydrogens is 477 g/mol. The van der Waals surface area contributed by atoms with Crippen LogP contribution in [0.4, 0.5) is 18.0 Å². The van der Waals surface area contributed by atoms with Crippen LogP contribution in [0.25, 0.3) is 0 Å². The van der Waals surface area contributed by atoms with Gasteiger partial charge in [-0.15, -0.1) is 0 Å². The van der Waals surface area contributed by atoms with Gasteiger partial charge in [0.25, 0.3) is 0 Å². The highest BCUT2D eigenvalue weighted by Gasteiger charge is 2.47. The van der Waals surface area contributed by atoms with Gasteiger partial charge in [-0.2, -0.15) is 13.2 Å². The number of alkyl carbamates (subject to hydrolysis) is 1. The number of benzene rings is 2. The van der Waals surface area contributed by atoms with Gasteiger partial charge in [0.15, 0.2) is 0 Å². The van der Waals surface area contributed by atoms with Gasteiger partial charge < -0.3 is 24.6 Å². The number of hydrogen-bond acceptors (Lipinski definition) is 6. The molecule has 1 saturated carbocycles. The number of likely N-dealkylation sites (N-methyl/N-ethyl adjacent to an activating group) is 1. The van der Waals surface area contributed by atoms with E-state index < -0.39 is 47.7 Å². The Kier molecular flexibility index (Phi) is 8.40. The molecule has 0 unspecified atom stereocenters. The fourth-order valence-corrected chi connectivity index (χ4v) is 4.40. The normalized spacial score (nSPS) is 22.4. The SMILES string of the molecule is COc1ccccc1CN(C)[C@H]1[C@H](O)[C@@H](Oc2cccc(C(F)(F)F)c2)C[C@@H]1NC(=O)OC(C)(C)C. The average Bonchev–Trinajstić information content (AvgIpc) is 3.06. The number of aliphatic hydroxyl groups is 1. The van der Waals surface area contributed by atoms with Crippen molar-refractivity contribution >= 4 is 6.09 Å². The molecule has 10 heteroatoms. The fourth-order valence-electron chi connectivity index (χ4n) is 4.40. The number of methoxy groups -OCH3 is 1. The van der Waals surface area contributed by atoms with Crippen LogP contribution in [-0.4, -0.2) is 60.1 Å². The Balaban J connectivity index is 1.83. The molecule has 1 amide bonds. The Hall–Kier alpha value is -2.98. The van der Waals surface area contributed by atoms with Crippen molar-refractivity contribution in [3.8, 4) is 11.5 Å². The summed E-state index contributed by atoms with van der Waals surface area (Å²) >= 11 is 0. The monoisotopic (exact) mass is 510 g/mol. The topological polar surface area (TPSA) is 80.3 Å². The van der Waals surface area contributed by atoms with E-state index in [4.69, 9.17) is 14.2 Å². The number of carbonyl (C=O) groups excluding carboxylic acids is 1. The predicted molar refractivity (Wildman–Crippen MR) is 128 cm³/mol. The van der Waals surface area contributed by atoms with Crippen LogP contribution in [-0.2, 0) is 17.5 Å². The summed E-state index contributed by atoms with van der Waals surface area (Å²) in [5.41, 5.74) is -0.706. The molecule has 0 spiro atoms. The van der Waals surface area contributed by atoms with E-state index in [1.165, 1.54) is 12.1 Å². The Bertz CT molecular complexity index is 1040. The van der Waals surface area contributed by atoms with Crippen LogP contribution in [0.2, 0.25) is 0 Å². The number of rotatable bonds is 7. The Morgan fingerprint density at radius 3 is 2.47 bits per heavy atom. The minimum absolute atomic E-state index is 0.0158. The molecule has 0 aromatic heterocycles. The van der Waals surface area contributed by atoms with E-state index in [1.807, 2.05) is 29.2 Å². The zero-order valence-corrected chi connectivity index (χ0v) is 21.0. The Labute approximate surface area is 209 Å². The molecule has 0 saturated heterocycles. The molecule has 1 aliphatic carbocycles. The summed E-state index contributed by atoms with van der Waals surface area (Å²) in [6.45, 7) is 5.59. The number of hydrogen-bond donors (Lipinski definition) is 2. The first-order chi connectivity index (χ1) is 16.8. The van der Waals surface area contributed by atoms with E-state index >= 15 is 0 Å². The highest BCUT2D eigenvalue weighted by Crippen LogP contribution is 2.34. The summed E-state index contributed by atoms with van der Waals surface area (Å²) in [4.78, 5) is 14.4. The van der Waals surface area contributed by atoms with E-state index in [2.05, 4.69) is 5.32 Å². The van der Waals surface area contributed by atoms with Gasteiger partial charge in [0, 0.05) is 18.5 Å². The maximum Gasteiger partial charge on any atom is 0.416 e. The third kappa shape index (κ3) is 7.04. The Morgan fingerprint density at radius 2 is 1.83 bits per heavy atom. The van der Waals surface area contributed by atoms with Crippen LogP contribution in [0.5, 0.6) is 11.5 Å². The van der Waals surface area contributed by atoms with E-state index in [0.29, 0.717) is 12.3 Å². The number of nitrogens with one attached hydrogen (secondary N) is 1. The molecule has 2 aromatic rings. The number of para-hydroxylation sites is 1. The van der Waals surface area contributed by atoms with Crippen molar-refractivity contribution in [3.63, 3.8) is 0 Å². The number of amides is 1. The molecular formula is C26H33F3N2O5. The van der Waals surface area contributed by atoms with Gasteiger partial charge in [-0.1, -0.05) is 24.3 Å². The summed E-state index contributed by atoms with van der Waals surface area (Å²) in [6, 6.07) is 10.7. The van der Waals surface area contributed by atoms with E-state index in [1.54, 1.807) is 34.9 Å². The van der Waals surface area contributed by atoms with Crippen molar-refractivity contribution in [3.05, 3.63) is 59.7 Å². The van der Waals surface area contributed by atoms with Crippen molar-refractivity contribution in [1.82, 2.24) is 10.2 Å². The van der Waals surface area contributed by atoms with Gasteiger partial charge in [0.2, 0.25) is 0 Å². The molecule has 0 heterocycles. The number of carbonyl (C=O) groups is 1. The second-order valence-corrected chi connectivity index (χ2v) is 9.88. The van der Waals surface area contributed by atoms with Gasteiger partial charge in [0.05, 0.1) is 24.8 Å². The lowest BCUT2D eigenvalue weighted by atomic mass is 10.1. The highest BCUT2D eigenvalue weighted by atomic mass is 19.4. The fraction of sp³-hybridized carbons (Fsp3) is 0.500. The molecule has 198 valence electrons. The first-order valence-electron chi connectivity index (χ1n) is 11.6. The highest BCUT2D eigenvalue weighted by molar-refractivity contribution is 5.68. The summed E-state index contributed by atoms with van der Waals surface area (Å²) in [5, 5.41) is 14.0. The minimum Gasteiger partial charge on any atom is -0.496 e. The molecule has 1 fully saturated rings. The molecule has 4 atom stereocenters. The van der Waals surface area contributed by atoms with Crippen LogP contribution >= 0.6 is 0 Å². The van der Waals surface area contributed by atoms with Gasteiger partial charge in [-0.25, -0.2) is 4.79 Å².